The Morgan fingerprint density at radius 2 is 0.952 bits per heavy atom. The average Bonchev–Trinajstić information content (AvgIpc) is 3.05. The maximum Gasteiger partial charge on any atom is 0.0621 e. The Morgan fingerprint density at radius 1 is 0.452 bits per heavy atom. The molecule has 0 radical (unpaired) electrons. The summed E-state index contributed by atoms with van der Waals surface area (Å²) in [5, 5.41) is 25.7. The molecule has 3 nitrogen and oxygen atoms in total. The van der Waals surface area contributed by atoms with Crippen LogP contribution in [0.25, 0.3) is 0 Å². The van der Waals surface area contributed by atoms with Gasteiger partial charge in [-0.2, -0.15) is 15.8 Å². The summed E-state index contributed by atoms with van der Waals surface area (Å²) in [5.41, 5.74) is 0. The number of rotatable bonds is 12. The first-order valence-electron chi connectivity index (χ1n) is 16.3. The number of hydrogen-bond acceptors (Lipinski definition) is 3. The highest BCUT2D eigenvalue weighted by Gasteiger charge is 2.28. The van der Waals surface area contributed by atoms with Crippen LogP contribution in [0.15, 0.2) is 75.9 Å². The highest BCUT2D eigenvalue weighted by molar-refractivity contribution is 4.98. The molecule has 9 unspecified atom stereocenters. The minimum Gasteiger partial charge on any atom is -0.198 e. The lowest BCUT2D eigenvalue weighted by atomic mass is 9.72. The second kappa shape index (κ2) is 22.5. The van der Waals surface area contributed by atoms with E-state index in [1.54, 1.807) is 0 Å². The summed E-state index contributed by atoms with van der Waals surface area (Å²) in [6, 6.07) is 6.69. The van der Waals surface area contributed by atoms with Crippen LogP contribution in [-0.2, 0) is 0 Å². The molecule has 0 aromatic heterocycles. The molecule has 0 N–H and O–H groups in total. The van der Waals surface area contributed by atoms with E-state index in [2.05, 4.69) is 94.1 Å². The Bertz CT molecular complexity index is 956. The molecule has 0 aromatic rings. The zero-order valence-electron chi connectivity index (χ0n) is 26.4. The van der Waals surface area contributed by atoms with Crippen molar-refractivity contribution in [2.75, 3.05) is 0 Å². The Hall–Kier alpha value is -3.09. The molecule has 3 rings (SSSR count). The van der Waals surface area contributed by atoms with Gasteiger partial charge >= 0.3 is 0 Å². The molecule has 3 heteroatoms. The summed E-state index contributed by atoms with van der Waals surface area (Å²) < 4.78 is 0. The van der Waals surface area contributed by atoms with Crippen LogP contribution in [0.2, 0.25) is 0 Å². The maximum absolute atomic E-state index is 8.58. The molecule has 0 amide bonds. The molecule has 9 atom stereocenters. The van der Waals surface area contributed by atoms with Gasteiger partial charge in [-0.15, -0.1) is 39.5 Å². The topological polar surface area (TPSA) is 71.4 Å². The second-order valence-corrected chi connectivity index (χ2v) is 12.5. The number of nitriles is 3. The molecule has 0 heterocycles. The van der Waals surface area contributed by atoms with E-state index >= 15 is 0 Å². The molecule has 42 heavy (non-hydrogen) atoms. The third-order valence-electron chi connectivity index (χ3n) is 10.0. The van der Waals surface area contributed by atoms with Crippen molar-refractivity contribution in [3.05, 3.63) is 75.9 Å². The van der Waals surface area contributed by atoms with Crippen molar-refractivity contribution in [1.82, 2.24) is 0 Å². The smallest absolute Gasteiger partial charge is 0.0621 e. The fourth-order valence-electron chi connectivity index (χ4n) is 7.26. The van der Waals surface area contributed by atoms with E-state index in [0.717, 1.165) is 25.2 Å². The summed E-state index contributed by atoms with van der Waals surface area (Å²) in [6.45, 7) is 23.2. The fourth-order valence-corrected chi connectivity index (χ4v) is 7.26. The van der Waals surface area contributed by atoms with Gasteiger partial charge in [0, 0.05) is 19.3 Å². The quantitative estimate of drug-likeness (QED) is 0.220. The van der Waals surface area contributed by atoms with Gasteiger partial charge in [-0.1, -0.05) is 36.5 Å². The van der Waals surface area contributed by atoms with Crippen LogP contribution in [0, 0.1) is 87.3 Å². The Labute approximate surface area is 259 Å². The lowest BCUT2D eigenvalue weighted by molar-refractivity contribution is 0.232. The van der Waals surface area contributed by atoms with Gasteiger partial charge in [0.15, 0.2) is 0 Å². The number of allylic oxidation sites excluding steroid dienone is 6. The van der Waals surface area contributed by atoms with Crippen LogP contribution in [0.3, 0.4) is 0 Å². The van der Waals surface area contributed by atoms with Crippen LogP contribution in [0.1, 0.15) is 96.3 Å². The van der Waals surface area contributed by atoms with E-state index in [-0.39, 0.29) is 0 Å². The summed E-state index contributed by atoms with van der Waals surface area (Å²) in [5.74, 6) is 5.82. The van der Waals surface area contributed by atoms with Crippen molar-refractivity contribution in [2.24, 2.45) is 53.3 Å². The van der Waals surface area contributed by atoms with Crippen LogP contribution >= 0.6 is 0 Å². The SMILES string of the molecule is C=CC1CCC(C=C)C(CCC#N)C1.C=CC1CCC(CCC#N)C(C=C)C1.C=CC1CCC(CCC#N)CC1C=C. The van der Waals surface area contributed by atoms with Crippen LogP contribution in [-0.4, -0.2) is 0 Å². The molecule has 0 spiro atoms. The molecule has 0 aliphatic heterocycles. The largest absolute Gasteiger partial charge is 0.198 e. The molecule has 0 aromatic carbocycles. The van der Waals surface area contributed by atoms with Crippen molar-refractivity contribution in [2.45, 2.75) is 96.3 Å². The van der Waals surface area contributed by atoms with Crippen LogP contribution in [0.5, 0.6) is 0 Å². The number of nitrogens with zero attached hydrogens (tertiary/aromatic N) is 3. The van der Waals surface area contributed by atoms with Crippen molar-refractivity contribution >= 4 is 0 Å². The lowest BCUT2D eigenvalue weighted by Crippen LogP contribution is -2.22. The normalized spacial score (nSPS) is 31.8. The van der Waals surface area contributed by atoms with Gasteiger partial charge in [0.05, 0.1) is 18.2 Å². The first-order valence-corrected chi connectivity index (χ1v) is 16.3. The second-order valence-electron chi connectivity index (χ2n) is 12.5. The van der Waals surface area contributed by atoms with E-state index in [1.165, 1.54) is 57.8 Å². The predicted octanol–water partition coefficient (Wildman–Crippen LogP) is 11.1. The molecule has 3 aliphatic rings. The van der Waals surface area contributed by atoms with Crippen molar-refractivity contribution in [3.63, 3.8) is 0 Å². The summed E-state index contributed by atoms with van der Waals surface area (Å²) in [4.78, 5) is 0. The van der Waals surface area contributed by atoms with Gasteiger partial charge < -0.3 is 0 Å². The molecule has 3 fully saturated rings. The first-order chi connectivity index (χ1) is 20.4. The molecule has 228 valence electrons. The van der Waals surface area contributed by atoms with Crippen molar-refractivity contribution in [3.8, 4) is 18.2 Å². The van der Waals surface area contributed by atoms with Crippen molar-refractivity contribution < 1.29 is 0 Å². The molecule has 0 bridgehead atoms. The van der Waals surface area contributed by atoms with E-state index in [9.17, 15) is 0 Å². The fraction of sp³-hybridized carbons (Fsp3) is 0.615. The third-order valence-corrected chi connectivity index (χ3v) is 10.0. The molecule has 3 aliphatic carbocycles. The van der Waals surface area contributed by atoms with Crippen molar-refractivity contribution in [1.29, 1.82) is 15.8 Å². The van der Waals surface area contributed by atoms with E-state index in [4.69, 9.17) is 15.8 Å². The van der Waals surface area contributed by atoms with Gasteiger partial charge in [-0.05, 0) is 130 Å². The minimum absolute atomic E-state index is 0.588. The zero-order valence-corrected chi connectivity index (χ0v) is 26.4. The Kier molecular flexibility index (Phi) is 19.8. The van der Waals surface area contributed by atoms with Gasteiger partial charge in [0.1, 0.15) is 0 Å². The monoisotopic (exact) mass is 567 g/mol. The minimum atomic E-state index is 0.588. The van der Waals surface area contributed by atoms with Gasteiger partial charge in [-0.25, -0.2) is 0 Å². The standard InChI is InChI=1S/3C13H19N/c1-3-12-8-7-11(6-5-9-14)10-13(12)4-2;1-3-11-7-8-13(6-5-9-14)12(4-2)10-11;1-3-11-7-8-12(4-2)13(10-11)6-5-9-14/h3*3-4,11-13H,1-2,5-8,10H2. The molecule has 3 saturated carbocycles. The summed E-state index contributed by atoms with van der Waals surface area (Å²) in [6.07, 6.45) is 28.6. The maximum atomic E-state index is 8.58. The third kappa shape index (κ3) is 13.3. The van der Waals surface area contributed by atoms with Crippen LogP contribution in [0.4, 0.5) is 0 Å². The molecule has 0 saturated heterocycles. The van der Waals surface area contributed by atoms with Gasteiger partial charge in [0.2, 0.25) is 0 Å². The van der Waals surface area contributed by atoms with Gasteiger partial charge in [0.25, 0.3) is 0 Å². The summed E-state index contributed by atoms with van der Waals surface area (Å²) in [7, 11) is 0. The highest BCUT2D eigenvalue weighted by Crippen LogP contribution is 2.39. The first kappa shape index (κ1) is 36.9. The number of hydrogen-bond donors (Lipinski definition) is 0. The van der Waals surface area contributed by atoms with E-state index in [1.807, 2.05) is 0 Å². The van der Waals surface area contributed by atoms with Gasteiger partial charge in [-0.3, -0.25) is 0 Å². The van der Waals surface area contributed by atoms with E-state index < -0.39 is 0 Å². The highest BCUT2D eigenvalue weighted by atomic mass is 14.3. The van der Waals surface area contributed by atoms with E-state index in [0.29, 0.717) is 66.6 Å². The lowest BCUT2D eigenvalue weighted by Gasteiger charge is -2.33. The zero-order chi connectivity index (χ0) is 31.2. The molecular formula is C39H57N3. The van der Waals surface area contributed by atoms with Crippen LogP contribution < -0.4 is 0 Å². The summed E-state index contributed by atoms with van der Waals surface area (Å²) >= 11 is 0. The average molecular weight is 568 g/mol. The Morgan fingerprint density at radius 3 is 1.50 bits per heavy atom. The molecular weight excluding hydrogens is 510 g/mol. The Balaban J connectivity index is 0.000000315. The predicted molar refractivity (Wildman–Crippen MR) is 179 cm³/mol.